The van der Waals surface area contributed by atoms with Crippen molar-refractivity contribution in [3.8, 4) is 0 Å². The normalized spacial score (nSPS) is 44.8. The Morgan fingerprint density at radius 1 is 1.00 bits per heavy atom. The lowest BCUT2D eigenvalue weighted by Gasteiger charge is -2.30. The van der Waals surface area contributed by atoms with Crippen molar-refractivity contribution in [2.75, 3.05) is 32.7 Å². The van der Waals surface area contributed by atoms with Gasteiger partial charge in [0.1, 0.15) is 0 Å². The van der Waals surface area contributed by atoms with Gasteiger partial charge in [0.2, 0.25) is 0 Å². The fourth-order valence-corrected chi connectivity index (χ4v) is 3.98. The summed E-state index contributed by atoms with van der Waals surface area (Å²) >= 11 is 0. The molecule has 2 saturated heterocycles. The summed E-state index contributed by atoms with van der Waals surface area (Å²) in [6.07, 6.45) is 5.94. The summed E-state index contributed by atoms with van der Waals surface area (Å²) in [6, 6.07) is 0. The molecule has 1 N–H and O–H groups in total. The highest BCUT2D eigenvalue weighted by Crippen LogP contribution is 2.32. The van der Waals surface area contributed by atoms with E-state index in [9.17, 15) is 0 Å². The molecule has 2 aliphatic heterocycles. The zero-order valence-electron chi connectivity index (χ0n) is 10.6. The first-order valence-electron chi connectivity index (χ1n) is 7.24. The molecule has 2 unspecified atom stereocenters. The number of nitrogens with zero attached hydrogens (tertiary/aromatic N) is 1. The third-order valence-corrected chi connectivity index (χ3v) is 5.12. The van der Waals surface area contributed by atoms with E-state index in [1.807, 2.05) is 0 Å². The Kier molecular flexibility index (Phi) is 3.21. The first-order valence-corrected chi connectivity index (χ1v) is 7.24. The summed E-state index contributed by atoms with van der Waals surface area (Å²) < 4.78 is 0. The molecule has 0 aromatic heterocycles. The summed E-state index contributed by atoms with van der Waals surface area (Å²) in [4.78, 5) is 2.76. The zero-order chi connectivity index (χ0) is 11.0. The second-order valence-electron chi connectivity index (χ2n) is 6.52. The molecule has 3 aliphatic rings. The van der Waals surface area contributed by atoms with Gasteiger partial charge in [0.05, 0.1) is 0 Å². The number of hydrogen-bond donors (Lipinski definition) is 1. The Morgan fingerprint density at radius 2 is 1.62 bits per heavy atom. The van der Waals surface area contributed by atoms with Gasteiger partial charge < -0.3 is 10.2 Å². The Bertz CT molecular complexity index is 221. The van der Waals surface area contributed by atoms with Crippen molar-refractivity contribution in [3.05, 3.63) is 0 Å². The number of likely N-dealkylation sites (tertiary alicyclic amines) is 1. The molecule has 2 atom stereocenters. The van der Waals surface area contributed by atoms with Crippen LogP contribution in [0.5, 0.6) is 0 Å². The lowest BCUT2D eigenvalue weighted by atomic mass is 9.83. The van der Waals surface area contributed by atoms with Crippen LogP contribution in [0.1, 0.15) is 32.6 Å². The highest BCUT2D eigenvalue weighted by atomic mass is 15.2. The zero-order valence-corrected chi connectivity index (χ0v) is 10.6. The molecule has 2 heteroatoms. The number of fused-ring (bicyclic) bond motifs is 1. The van der Waals surface area contributed by atoms with E-state index in [2.05, 4.69) is 17.1 Å². The lowest BCUT2D eigenvalue weighted by molar-refractivity contribution is 0.201. The van der Waals surface area contributed by atoms with Crippen molar-refractivity contribution < 1.29 is 0 Å². The van der Waals surface area contributed by atoms with Gasteiger partial charge in [-0.1, -0.05) is 19.8 Å². The summed E-state index contributed by atoms with van der Waals surface area (Å²) in [6.45, 7) is 9.14. The van der Waals surface area contributed by atoms with Crippen LogP contribution in [0.15, 0.2) is 0 Å². The van der Waals surface area contributed by atoms with E-state index in [1.54, 1.807) is 0 Å². The van der Waals surface area contributed by atoms with E-state index < -0.39 is 0 Å². The maximum absolute atomic E-state index is 3.53. The minimum absolute atomic E-state index is 0.975. The van der Waals surface area contributed by atoms with Crippen LogP contribution in [0.2, 0.25) is 0 Å². The Morgan fingerprint density at radius 3 is 2.25 bits per heavy atom. The van der Waals surface area contributed by atoms with E-state index in [-0.39, 0.29) is 0 Å². The molecule has 1 saturated carbocycles. The summed E-state index contributed by atoms with van der Waals surface area (Å²) in [5.41, 5.74) is 0. The number of rotatable bonds is 2. The van der Waals surface area contributed by atoms with Gasteiger partial charge in [-0.3, -0.25) is 0 Å². The minimum Gasteiger partial charge on any atom is -0.316 e. The third kappa shape index (κ3) is 2.28. The molecule has 2 nitrogen and oxygen atoms in total. The molecule has 0 spiro atoms. The molecule has 2 heterocycles. The molecule has 3 fully saturated rings. The summed E-state index contributed by atoms with van der Waals surface area (Å²) in [7, 11) is 0. The van der Waals surface area contributed by atoms with Crippen LogP contribution in [0, 0.1) is 23.7 Å². The average molecular weight is 222 g/mol. The number of nitrogens with one attached hydrogen (secondary N) is 1. The summed E-state index contributed by atoms with van der Waals surface area (Å²) in [5.74, 6) is 3.96. The van der Waals surface area contributed by atoms with Crippen molar-refractivity contribution in [2.45, 2.75) is 32.6 Å². The SMILES string of the molecule is CC1CCC(CN2CC3CNCC3C2)CC1. The minimum atomic E-state index is 0.975. The highest BCUT2D eigenvalue weighted by Gasteiger charge is 2.36. The molecule has 0 amide bonds. The van der Waals surface area contributed by atoms with Gasteiger partial charge in [-0.2, -0.15) is 0 Å². The molecule has 3 rings (SSSR count). The van der Waals surface area contributed by atoms with Crippen LogP contribution < -0.4 is 5.32 Å². The lowest BCUT2D eigenvalue weighted by Crippen LogP contribution is -2.32. The van der Waals surface area contributed by atoms with Crippen LogP contribution in [0.25, 0.3) is 0 Å². The summed E-state index contributed by atoms with van der Waals surface area (Å²) in [5, 5.41) is 3.53. The van der Waals surface area contributed by atoms with Gasteiger partial charge in [-0.15, -0.1) is 0 Å². The fourth-order valence-electron chi connectivity index (χ4n) is 3.98. The molecule has 0 radical (unpaired) electrons. The number of hydrogen-bond acceptors (Lipinski definition) is 2. The molecular formula is C14H26N2. The molecular weight excluding hydrogens is 196 g/mol. The maximum atomic E-state index is 3.53. The second kappa shape index (κ2) is 4.66. The van der Waals surface area contributed by atoms with Crippen LogP contribution in [0.3, 0.4) is 0 Å². The van der Waals surface area contributed by atoms with Gasteiger partial charge in [0.25, 0.3) is 0 Å². The predicted octanol–water partition coefficient (Wildman–Crippen LogP) is 1.96. The largest absolute Gasteiger partial charge is 0.316 e. The molecule has 16 heavy (non-hydrogen) atoms. The molecule has 0 aromatic carbocycles. The van der Waals surface area contributed by atoms with E-state index in [1.165, 1.54) is 58.4 Å². The van der Waals surface area contributed by atoms with E-state index in [0.29, 0.717) is 0 Å². The first kappa shape index (κ1) is 11.0. The van der Waals surface area contributed by atoms with Crippen LogP contribution in [-0.2, 0) is 0 Å². The van der Waals surface area contributed by atoms with Crippen molar-refractivity contribution in [1.82, 2.24) is 10.2 Å². The topological polar surface area (TPSA) is 15.3 Å². The van der Waals surface area contributed by atoms with Crippen LogP contribution in [-0.4, -0.2) is 37.6 Å². The highest BCUT2D eigenvalue weighted by molar-refractivity contribution is 4.91. The van der Waals surface area contributed by atoms with Gasteiger partial charge in [-0.25, -0.2) is 0 Å². The fraction of sp³-hybridized carbons (Fsp3) is 1.00. The molecule has 0 aromatic rings. The van der Waals surface area contributed by atoms with Gasteiger partial charge in [0.15, 0.2) is 0 Å². The smallest absolute Gasteiger partial charge is 0.00257 e. The maximum Gasteiger partial charge on any atom is 0.00257 e. The van der Waals surface area contributed by atoms with Crippen molar-refractivity contribution in [2.24, 2.45) is 23.7 Å². The molecule has 1 aliphatic carbocycles. The third-order valence-electron chi connectivity index (χ3n) is 5.12. The van der Waals surface area contributed by atoms with Gasteiger partial charge in [-0.05, 0) is 49.6 Å². The van der Waals surface area contributed by atoms with Crippen LogP contribution >= 0.6 is 0 Å². The standard InChI is InChI=1S/C14H26N2/c1-11-2-4-12(5-3-11)8-16-9-13-6-15-7-14(13)10-16/h11-15H,2-10H2,1H3. The average Bonchev–Trinajstić information content (AvgIpc) is 2.81. The molecule has 92 valence electrons. The van der Waals surface area contributed by atoms with E-state index in [4.69, 9.17) is 0 Å². The second-order valence-corrected chi connectivity index (χ2v) is 6.52. The van der Waals surface area contributed by atoms with Crippen molar-refractivity contribution in [1.29, 1.82) is 0 Å². The monoisotopic (exact) mass is 222 g/mol. The van der Waals surface area contributed by atoms with Gasteiger partial charge in [0, 0.05) is 19.6 Å². The first-order chi connectivity index (χ1) is 7.81. The quantitative estimate of drug-likeness (QED) is 0.768. The Balaban J connectivity index is 1.46. The molecule has 0 bridgehead atoms. The Labute approximate surface area is 99.8 Å². The predicted molar refractivity (Wildman–Crippen MR) is 67.4 cm³/mol. The van der Waals surface area contributed by atoms with Gasteiger partial charge >= 0.3 is 0 Å². The Hall–Kier alpha value is -0.0800. The van der Waals surface area contributed by atoms with E-state index in [0.717, 1.165) is 23.7 Å². The van der Waals surface area contributed by atoms with Crippen molar-refractivity contribution >= 4 is 0 Å². The van der Waals surface area contributed by atoms with Crippen molar-refractivity contribution in [3.63, 3.8) is 0 Å². The van der Waals surface area contributed by atoms with Crippen LogP contribution in [0.4, 0.5) is 0 Å². The van der Waals surface area contributed by atoms with E-state index >= 15 is 0 Å².